The Morgan fingerprint density at radius 1 is 1.28 bits per heavy atom. The first kappa shape index (κ1) is 17.0. The highest BCUT2D eigenvalue weighted by Crippen LogP contribution is 2.31. The lowest BCUT2D eigenvalue weighted by Gasteiger charge is -2.13. The maximum absolute atomic E-state index is 12.6. The van der Waals surface area contributed by atoms with Crippen LogP contribution in [0.5, 0.6) is 0 Å². The zero-order valence-corrected chi connectivity index (χ0v) is 14.3. The van der Waals surface area contributed by atoms with E-state index in [1.54, 1.807) is 31.2 Å². The average molecular weight is 361 g/mol. The Morgan fingerprint density at radius 3 is 2.76 bits per heavy atom. The van der Waals surface area contributed by atoms with Gasteiger partial charge in [-0.05, 0) is 31.9 Å². The number of nitrogens with one attached hydrogen (secondary N) is 2. The Morgan fingerprint density at radius 2 is 2.04 bits per heavy atom. The molecule has 0 aliphatic heterocycles. The van der Waals surface area contributed by atoms with Crippen LogP contribution in [0.15, 0.2) is 33.8 Å². The van der Waals surface area contributed by atoms with Gasteiger partial charge in [0, 0.05) is 17.5 Å². The van der Waals surface area contributed by atoms with Crippen LogP contribution in [-0.4, -0.2) is 17.6 Å². The number of benzene rings is 1. The number of carbonyl (C=O) groups is 2. The number of furan rings is 1. The minimum atomic E-state index is -0.738. The standard InChI is InChI=1S/C17H17ClN4O3/c1-9-14-12(21-22-17(19)24)7-4-8-13(14)25-15(9)16(23)20-11-6-3-2-5-10(11)18/h2-3,5-6H,4,7-8H2,1H3,(H,20,23)(H3,19,22,24)/b21-12+. The number of rotatable bonds is 3. The number of carbonyl (C=O) groups excluding carboxylic acids is 2. The SMILES string of the molecule is Cc1c(C(=O)Nc2ccccc2Cl)oc2c1/C(=N/NC(N)=O)CCC2. The maximum atomic E-state index is 12.6. The summed E-state index contributed by atoms with van der Waals surface area (Å²) in [6, 6.07) is 6.22. The first-order chi connectivity index (χ1) is 12.0. The minimum absolute atomic E-state index is 0.207. The zero-order chi connectivity index (χ0) is 18.0. The normalized spacial score (nSPS) is 14.9. The van der Waals surface area contributed by atoms with Crippen LogP contribution in [-0.2, 0) is 6.42 Å². The molecule has 1 heterocycles. The molecular formula is C17H17ClN4O3. The van der Waals surface area contributed by atoms with E-state index in [2.05, 4.69) is 15.8 Å². The van der Waals surface area contributed by atoms with Gasteiger partial charge in [-0.15, -0.1) is 0 Å². The lowest BCUT2D eigenvalue weighted by atomic mass is 9.93. The summed E-state index contributed by atoms with van der Waals surface area (Å²) >= 11 is 6.07. The number of nitrogens with two attached hydrogens (primary N) is 1. The number of urea groups is 1. The van der Waals surface area contributed by atoms with Crippen LogP contribution in [0.4, 0.5) is 10.5 Å². The highest BCUT2D eigenvalue weighted by atomic mass is 35.5. The number of hydrogen-bond donors (Lipinski definition) is 3. The van der Waals surface area contributed by atoms with Crippen LogP contribution in [0, 0.1) is 6.92 Å². The van der Waals surface area contributed by atoms with E-state index in [0.29, 0.717) is 40.6 Å². The van der Waals surface area contributed by atoms with Crippen molar-refractivity contribution in [3.63, 3.8) is 0 Å². The smallest absolute Gasteiger partial charge is 0.332 e. The quantitative estimate of drug-likeness (QED) is 0.731. The second-order valence-electron chi connectivity index (χ2n) is 5.68. The molecule has 7 nitrogen and oxygen atoms in total. The van der Waals surface area contributed by atoms with E-state index in [0.717, 1.165) is 12.0 Å². The van der Waals surface area contributed by atoms with Crippen molar-refractivity contribution in [2.24, 2.45) is 10.8 Å². The van der Waals surface area contributed by atoms with E-state index in [-0.39, 0.29) is 11.7 Å². The fourth-order valence-electron chi connectivity index (χ4n) is 2.86. The van der Waals surface area contributed by atoms with Crippen molar-refractivity contribution in [3.05, 3.63) is 51.9 Å². The van der Waals surface area contributed by atoms with E-state index in [1.165, 1.54) is 0 Å². The molecule has 4 N–H and O–H groups in total. The molecule has 0 bridgehead atoms. The summed E-state index contributed by atoms with van der Waals surface area (Å²) in [5.41, 5.74) is 9.88. The Bertz CT molecular complexity index is 873. The third kappa shape index (κ3) is 3.51. The molecule has 0 saturated carbocycles. The Kier molecular flexibility index (Phi) is 4.76. The van der Waals surface area contributed by atoms with Crippen LogP contribution in [0.25, 0.3) is 0 Å². The number of anilines is 1. The van der Waals surface area contributed by atoms with Crippen molar-refractivity contribution in [2.45, 2.75) is 26.2 Å². The Labute approximate surface area is 149 Å². The number of primary amides is 1. The van der Waals surface area contributed by atoms with Gasteiger partial charge in [-0.25, -0.2) is 10.2 Å². The van der Waals surface area contributed by atoms with E-state index < -0.39 is 6.03 Å². The van der Waals surface area contributed by atoms with Crippen molar-refractivity contribution in [2.75, 3.05) is 5.32 Å². The third-order valence-electron chi connectivity index (χ3n) is 3.96. The van der Waals surface area contributed by atoms with E-state index in [9.17, 15) is 9.59 Å². The van der Waals surface area contributed by atoms with E-state index in [1.807, 2.05) is 0 Å². The number of fused-ring (bicyclic) bond motifs is 1. The van der Waals surface area contributed by atoms with Crippen molar-refractivity contribution >= 4 is 34.9 Å². The second-order valence-corrected chi connectivity index (χ2v) is 6.08. The second kappa shape index (κ2) is 6.98. The molecule has 3 rings (SSSR count). The molecule has 0 radical (unpaired) electrons. The number of halogens is 1. The molecule has 25 heavy (non-hydrogen) atoms. The monoisotopic (exact) mass is 360 g/mol. The lowest BCUT2D eigenvalue weighted by molar-refractivity contribution is 0.0994. The van der Waals surface area contributed by atoms with Crippen molar-refractivity contribution in [1.82, 2.24) is 5.43 Å². The fraction of sp³-hybridized carbons (Fsp3) is 0.235. The summed E-state index contributed by atoms with van der Waals surface area (Å²) in [7, 11) is 0. The molecule has 8 heteroatoms. The molecule has 0 saturated heterocycles. The first-order valence-electron chi connectivity index (χ1n) is 7.78. The zero-order valence-electron chi connectivity index (χ0n) is 13.6. The minimum Gasteiger partial charge on any atom is -0.455 e. The third-order valence-corrected chi connectivity index (χ3v) is 4.28. The average Bonchev–Trinajstić information content (AvgIpc) is 2.93. The summed E-state index contributed by atoms with van der Waals surface area (Å²) in [6.07, 6.45) is 2.18. The van der Waals surface area contributed by atoms with Crippen LogP contribution in [0.2, 0.25) is 5.02 Å². The van der Waals surface area contributed by atoms with Gasteiger partial charge < -0.3 is 15.5 Å². The summed E-state index contributed by atoms with van der Waals surface area (Å²) < 4.78 is 5.77. The molecule has 130 valence electrons. The summed E-state index contributed by atoms with van der Waals surface area (Å²) in [5.74, 6) is 0.499. The number of para-hydroxylation sites is 1. The van der Waals surface area contributed by atoms with Gasteiger partial charge in [0.25, 0.3) is 5.91 Å². The highest BCUT2D eigenvalue weighted by molar-refractivity contribution is 6.33. The van der Waals surface area contributed by atoms with E-state index >= 15 is 0 Å². The van der Waals surface area contributed by atoms with Gasteiger partial charge in [0.05, 0.1) is 16.4 Å². The molecular weight excluding hydrogens is 344 g/mol. The van der Waals surface area contributed by atoms with Crippen LogP contribution < -0.4 is 16.5 Å². The number of hydrazone groups is 1. The van der Waals surface area contributed by atoms with Crippen molar-refractivity contribution in [3.8, 4) is 0 Å². The van der Waals surface area contributed by atoms with Gasteiger partial charge in [0.1, 0.15) is 5.76 Å². The number of aryl methyl sites for hydroxylation is 1. The van der Waals surface area contributed by atoms with Gasteiger partial charge in [-0.3, -0.25) is 4.79 Å². The molecule has 0 fully saturated rings. The number of amides is 3. The number of hydrogen-bond acceptors (Lipinski definition) is 4. The fourth-order valence-corrected chi connectivity index (χ4v) is 3.04. The molecule has 1 aliphatic carbocycles. The Hall–Kier alpha value is -2.80. The highest BCUT2D eigenvalue weighted by Gasteiger charge is 2.28. The van der Waals surface area contributed by atoms with Gasteiger partial charge in [0.2, 0.25) is 0 Å². The van der Waals surface area contributed by atoms with Gasteiger partial charge in [0.15, 0.2) is 5.76 Å². The molecule has 0 spiro atoms. The molecule has 3 amide bonds. The molecule has 1 aromatic carbocycles. The van der Waals surface area contributed by atoms with E-state index in [4.69, 9.17) is 21.8 Å². The van der Waals surface area contributed by atoms with Crippen molar-refractivity contribution in [1.29, 1.82) is 0 Å². The summed E-state index contributed by atoms with van der Waals surface area (Å²) in [5, 5.41) is 7.22. The predicted molar refractivity (Wildman–Crippen MR) is 95.0 cm³/mol. The Balaban J connectivity index is 1.92. The predicted octanol–water partition coefficient (Wildman–Crippen LogP) is 3.20. The molecule has 2 aromatic rings. The maximum Gasteiger partial charge on any atom is 0.332 e. The van der Waals surface area contributed by atoms with Crippen LogP contribution in [0.3, 0.4) is 0 Å². The molecule has 0 unspecified atom stereocenters. The van der Waals surface area contributed by atoms with Gasteiger partial charge in [-0.2, -0.15) is 5.10 Å². The topological polar surface area (TPSA) is 110 Å². The van der Waals surface area contributed by atoms with Gasteiger partial charge >= 0.3 is 6.03 Å². The summed E-state index contributed by atoms with van der Waals surface area (Å²) in [4.78, 5) is 23.5. The van der Waals surface area contributed by atoms with Crippen molar-refractivity contribution < 1.29 is 14.0 Å². The largest absolute Gasteiger partial charge is 0.455 e. The summed E-state index contributed by atoms with van der Waals surface area (Å²) in [6.45, 7) is 1.79. The number of nitrogens with zero attached hydrogens (tertiary/aromatic N) is 1. The van der Waals surface area contributed by atoms with Crippen LogP contribution >= 0.6 is 11.6 Å². The molecule has 1 aliphatic rings. The van der Waals surface area contributed by atoms with Crippen LogP contribution in [0.1, 0.15) is 40.3 Å². The molecule has 1 aromatic heterocycles. The lowest BCUT2D eigenvalue weighted by Crippen LogP contribution is -2.27. The first-order valence-corrected chi connectivity index (χ1v) is 8.15. The molecule has 0 atom stereocenters. The van der Waals surface area contributed by atoms with Gasteiger partial charge in [-0.1, -0.05) is 23.7 Å².